The fourth-order valence-corrected chi connectivity index (χ4v) is 1.66. The van der Waals surface area contributed by atoms with Gasteiger partial charge in [0.25, 0.3) is 5.70 Å². The van der Waals surface area contributed by atoms with Gasteiger partial charge in [-0.3, -0.25) is 10.1 Å². The van der Waals surface area contributed by atoms with E-state index < -0.39 is 28.3 Å². The summed E-state index contributed by atoms with van der Waals surface area (Å²) >= 11 is 0. The van der Waals surface area contributed by atoms with Crippen LogP contribution in [0.25, 0.3) is 0 Å². The largest absolute Gasteiger partial charge is 0.496 e. The number of hydrogen-bond donors (Lipinski definition) is 2. The molecular weight excluding hydrogens is 220 g/mol. The fraction of sp³-hybridized carbons (Fsp3) is 0.375. The normalized spacial score (nSPS) is 31.6. The Morgan fingerprint density at radius 1 is 1.81 bits per heavy atom. The lowest BCUT2D eigenvalue weighted by molar-refractivity contribution is -0.421. The first-order chi connectivity index (χ1) is 7.44. The van der Waals surface area contributed by atoms with Gasteiger partial charge in [0.05, 0.1) is 12.0 Å². The third kappa shape index (κ3) is 1.10. The van der Waals surface area contributed by atoms with Crippen molar-refractivity contribution in [2.75, 3.05) is 7.11 Å². The first kappa shape index (κ1) is 10.4. The number of nitrogens with zero attached hydrogens (tertiary/aromatic N) is 1. The van der Waals surface area contributed by atoms with Gasteiger partial charge in [0, 0.05) is 6.08 Å². The Bertz CT molecular complexity index is 453. The maximum absolute atomic E-state index is 10.9. The highest BCUT2D eigenvalue weighted by atomic mass is 16.7. The number of methoxy groups -OCH3 is 1. The van der Waals surface area contributed by atoms with Gasteiger partial charge in [0.15, 0.2) is 17.6 Å². The van der Waals surface area contributed by atoms with Crippen LogP contribution in [-0.2, 0) is 14.3 Å². The van der Waals surface area contributed by atoms with Gasteiger partial charge in [0.1, 0.15) is 0 Å². The molecule has 1 aliphatic carbocycles. The van der Waals surface area contributed by atoms with Gasteiger partial charge < -0.3 is 20.3 Å². The number of rotatable bonds is 3. The topological polar surface area (TPSA) is 128 Å². The van der Waals surface area contributed by atoms with E-state index in [-0.39, 0.29) is 11.5 Å². The summed E-state index contributed by atoms with van der Waals surface area (Å²) in [4.78, 5) is 20.9. The Balaban J connectivity index is 2.52. The summed E-state index contributed by atoms with van der Waals surface area (Å²) < 4.78 is 9.77. The molecule has 0 aromatic heterocycles. The molecule has 1 saturated heterocycles. The summed E-state index contributed by atoms with van der Waals surface area (Å²) in [5.74, 6) is -1.32. The van der Waals surface area contributed by atoms with Crippen molar-refractivity contribution in [3.8, 4) is 0 Å². The first-order valence-corrected chi connectivity index (χ1v) is 4.26. The van der Waals surface area contributed by atoms with Crippen molar-refractivity contribution in [3.63, 3.8) is 0 Å². The molecule has 0 bridgehead atoms. The third-order valence-corrected chi connectivity index (χ3v) is 2.53. The molecule has 1 fully saturated rings. The van der Waals surface area contributed by atoms with E-state index in [0.29, 0.717) is 0 Å². The number of nitro groups is 1. The Morgan fingerprint density at radius 2 is 2.44 bits per heavy atom. The summed E-state index contributed by atoms with van der Waals surface area (Å²) in [6.45, 7) is 0. The first-order valence-electron chi connectivity index (χ1n) is 4.26. The zero-order valence-corrected chi connectivity index (χ0v) is 8.17. The molecule has 8 heteroatoms. The predicted octanol–water partition coefficient (Wildman–Crippen LogP) is -0.800. The Kier molecular flexibility index (Phi) is 1.92. The molecule has 0 amide bonds. The molecule has 0 aromatic rings. The molecular formula is C8H8N2O6. The van der Waals surface area contributed by atoms with Gasteiger partial charge in [0.2, 0.25) is 5.60 Å². The van der Waals surface area contributed by atoms with E-state index in [2.05, 4.69) is 0 Å². The van der Waals surface area contributed by atoms with E-state index >= 15 is 0 Å². The number of aliphatic carboxylic acids is 1. The van der Waals surface area contributed by atoms with Gasteiger partial charge in [-0.1, -0.05) is 0 Å². The number of ether oxygens (including phenoxy) is 2. The molecule has 0 saturated carbocycles. The van der Waals surface area contributed by atoms with Crippen LogP contribution in [0.4, 0.5) is 0 Å². The van der Waals surface area contributed by atoms with Crippen LogP contribution in [0, 0.1) is 10.1 Å². The fourth-order valence-electron chi connectivity index (χ4n) is 1.66. The van der Waals surface area contributed by atoms with Gasteiger partial charge in [-0.2, -0.15) is 0 Å². The number of nitrogens with two attached hydrogens (primary N) is 1. The second kappa shape index (κ2) is 2.95. The van der Waals surface area contributed by atoms with E-state index in [4.69, 9.17) is 20.3 Å². The van der Waals surface area contributed by atoms with E-state index in [0.717, 1.165) is 6.08 Å². The highest BCUT2D eigenvalue weighted by Gasteiger charge is 2.68. The average molecular weight is 228 g/mol. The Labute approximate surface area is 89.1 Å². The molecule has 1 heterocycles. The minimum Gasteiger partial charge on any atom is -0.496 e. The van der Waals surface area contributed by atoms with Crippen LogP contribution < -0.4 is 5.73 Å². The molecule has 0 radical (unpaired) electrons. The molecule has 0 aromatic carbocycles. The number of hydrogen-bond acceptors (Lipinski definition) is 6. The van der Waals surface area contributed by atoms with Gasteiger partial charge >= 0.3 is 5.97 Å². The molecule has 2 atom stereocenters. The van der Waals surface area contributed by atoms with Crippen molar-refractivity contribution in [1.29, 1.82) is 0 Å². The number of carboxylic acids is 1. The van der Waals surface area contributed by atoms with Crippen molar-refractivity contribution < 1.29 is 24.3 Å². The SMILES string of the molecule is COC1=C(N)C([N+](=O)[O-])=CC2(C(=O)O)OC12. The van der Waals surface area contributed by atoms with E-state index in [1.54, 1.807) is 0 Å². The van der Waals surface area contributed by atoms with Crippen molar-refractivity contribution in [1.82, 2.24) is 0 Å². The van der Waals surface area contributed by atoms with Crippen LogP contribution in [0.15, 0.2) is 23.2 Å². The summed E-state index contributed by atoms with van der Waals surface area (Å²) in [7, 11) is 1.25. The van der Waals surface area contributed by atoms with Crippen molar-refractivity contribution >= 4 is 5.97 Å². The van der Waals surface area contributed by atoms with Crippen LogP contribution in [0.3, 0.4) is 0 Å². The smallest absolute Gasteiger partial charge is 0.343 e. The minimum absolute atomic E-state index is 0.0170. The average Bonchev–Trinajstić information content (AvgIpc) is 2.92. The summed E-state index contributed by atoms with van der Waals surface area (Å²) in [6.07, 6.45) is 0.0244. The Morgan fingerprint density at radius 3 is 2.88 bits per heavy atom. The van der Waals surface area contributed by atoms with Gasteiger partial charge in [-0.15, -0.1) is 0 Å². The monoisotopic (exact) mass is 228 g/mol. The van der Waals surface area contributed by atoms with Gasteiger partial charge in [-0.05, 0) is 0 Å². The molecule has 1 aliphatic heterocycles. The molecule has 8 nitrogen and oxygen atoms in total. The van der Waals surface area contributed by atoms with Crippen molar-refractivity contribution in [2.24, 2.45) is 5.73 Å². The lowest BCUT2D eigenvalue weighted by Gasteiger charge is -2.12. The van der Waals surface area contributed by atoms with Crippen LogP contribution in [0.5, 0.6) is 0 Å². The van der Waals surface area contributed by atoms with Crippen LogP contribution in [0.1, 0.15) is 0 Å². The lowest BCUT2D eigenvalue weighted by Crippen LogP contribution is -2.32. The van der Waals surface area contributed by atoms with E-state index in [9.17, 15) is 14.9 Å². The summed E-state index contributed by atoms with van der Waals surface area (Å²) in [5, 5.41) is 19.6. The maximum Gasteiger partial charge on any atom is 0.343 e. The molecule has 2 rings (SSSR count). The third-order valence-electron chi connectivity index (χ3n) is 2.53. The zero-order valence-electron chi connectivity index (χ0n) is 8.17. The molecule has 86 valence electrons. The summed E-state index contributed by atoms with van der Waals surface area (Å²) in [5.41, 5.74) is 3.08. The van der Waals surface area contributed by atoms with Crippen molar-refractivity contribution in [2.45, 2.75) is 11.7 Å². The highest BCUT2D eigenvalue weighted by Crippen LogP contribution is 2.48. The second-order valence-electron chi connectivity index (χ2n) is 3.36. The van der Waals surface area contributed by atoms with Crippen molar-refractivity contribution in [3.05, 3.63) is 33.3 Å². The highest BCUT2D eigenvalue weighted by molar-refractivity contribution is 5.86. The molecule has 3 N–H and O–H groups in total. The van der Waals surface area contributed by atoms with E-state index in [1.165, 1.54) is 7.11 Å². The maximum atomic E-state index is 10.9. The minimum atomic E-state index is -1.70. The van der Waals surface area contributed by atoms with E-state index in [1.807, 2.05) is 0 Å². The van der Waals surface area contributed by atoms with Crippen LogP contribution >= 0.6 is 0 Å². The van der Waals surface area contributed by atoms with Crippen LogP contribution in [-0.4, -0.2) is 34.8 Å². The standard InChI is InChI=1S/C8H8N2O6/c1-15-5-4(9)3(10(13)14)2-8(7(11)12)6(5)16-8/h2,6H,9H2,1H3,(H,11,12). The zero-order chi connectivity index (χ0) is 12.1. The molecule has 0 spiro atoms. The molecule has 2 aliphatic rings. The second-order valence-corrected chi connectivity index (χ2v) is 3.36. The quantitative estimate of drug-likeness (QED) is 0.367. The number of fused-ring (bicyclic) bond motifs is 1. The predicted molar refractivity (Wildman–Crippen MR) is 48.5 cm³/mol. The number of carbonyl (C=O) groups is 1. The van der Waals surface area contributed by atoms with Gasteiger partial charge in [-0.25, -0.2) is 4.79 Å². The molecule has 16 heavy (non-hydrogen) atoms. The van der Waals surface area contributed by atoms with Crippen LogP contribution in [0.2, 0.25) is 0 Å². The lowest BCUT2D eigenvalue weighted by atomic mass is 9.96. The molecule has 2 unspecified atom stereocenters. The summed E-state index contributed by atoms with van der Waals surface area (Å²) in [6, 6.07) is 0. The Hall–Kier alpha value is -2.09. The number of carboxylic acid groups (broad SMARTS) is 1. The number of epoxide rings is 1.